The molecule has 0 atom stereocenters. The molecule has 2 rings (SSSR count). The Morgan fingerprint density at radius 1 is 1.06 bits per heavy atom. The second kappa shape index (κ2) is 4.44. The number of phenolic OH excluding ortho intramolecular Hbond substituents is 1. The van der Waals surface area contributed by atoms with E-state index in [-0.39, 0.29) is 11.7 Å². The zero-order valence-corrected chi connectivity index (χ0v) is 8.42. The van der Waals surface area contributed by atoms with E-state index < -0.39 is 0 Å². The van der Waals surface area contributed by atoms with Crippen molar-refractivity contribution in [3.05, 3.63) is 54.4 Å². The summed E-state index contributed by atoms with van der Waals surface area (Å²) in [5, 5.41) is 11.8. The summed E-state index contributed by atoms with van der Waals surface area (Å²) in [6.07, 6.45) is 3.12. The molecular formula is C12H10N2O2. The number of nitrogens with zero attached hydrogens (tertiary/aromatic N) is 1. The molecule has 1 aromatic heterocycles. The van der Waals surface area contributed by atoms with Crippen molar-refractivity contribution in [3.63, 3.8) is 0 Å². The van der Waals surface area contributed by atoms with E-state index >= 15 is 0 Å². The molecule has 16 heavy (non-hydrogen) atoms. The first-order valence-electron chi connectivity index (χ1n) is 4.76. The van der Waals surface area contributed by atoms with Crippen molar-refractivity contribution in [2.45, 2.75) is 0 Å². The number of hydrogen-bond acceptors (Lipinski definition) is 3. The predicted molar refractivity (Wildman–Crippen MR) is 60.3 cm³/mol. The van der Waals surface area contributed by atoms with Gasteiger partial charge in [-0.1, -0.05) is 0 Å². The topological polar surface area (TPSA) is 62.2 Å². The maximum absolute atomic E-state index is 11.7. The van der Waals surface area contributed by atoms with Gasteiger partial charge in [-0.25, -0.2) is 0 Å². The molecule has 0 bridgehead atoms. The van der Waals surface area contributed by atoms with Crippen molar-refractivity contribution < 1.29 is 9.90 Å². The minimum Gasteiger partial charge on any atom is -0.508 e. The molecule has 0 aliphatic rings. The molecule has 0 radical (unpaired) electrons. The number of carbonyl (C=O) groups excluding carboxylic acids is 1. The van der Waals surface area contributed by atoms with E-state index in [1.165, 1.54) is 12.1 Å². The summed E-state index contributed by atoms with van der Waals surface area (Å²) in [6.45, 7) is 0. The van der Waals surface area contributed by atoms with Crippen molar-refractivity contribution in [1.82, 2.24) is 4.98 Å². The minimum atomic E-state index is -0.201. The van der Waals surface area contributed by atoms with Gasteiger partial charge >= 0.3 is 0 Å². The zero-order chi connectivity index (χ0) is 11.4. The third kappa shape index (κ3) is 2.36. The Balaban J connectivity index is 2.11. The first-order chi connectivity index (χ1) is 7.75. The summed E-state index contributed by atoms with van der Waals surface area (Å²) >= 11 is 0. The van der Waals surface area contributed by atoms with Gasteiger partial charge in [-0.3, -0.25) is 9.78 Å². The molecule has 0 aliphatic heterocycles. The average molecular weight is 214 g/mol. The van der Waals surface area contributed by atoms with Crippen LogP contribution < -0.4 is 5.32 Å². The lowest BCUT2D eigenvalue weighted by atomic mass is 10.2. The summed E-state index contributed by atoms with van der Waals surface area (Å²) in [4.78, 5) is 15.5. The van der Waals surface area contributed by atoms with Gasteiger partial charge in [-0.2, -0.15) is 0 Å². The Morgan fingerprint density at radius 2 is 1.69 bits per heavy atom. The third-order valence-electron chi connectivity index (χ3n) is 2.07. The number of amides is 1. The SMILES string of the molecule is O=C(Nc1ccc(O)cc1)c1ccncc1. The van der Waals surface area contributed by atoms with Crippen LogP contribution in [0.5, 0.6) is 5.75 Å². The normalized spacial score (nSPS) is 9.75. The Kier molecular flexibility index (Phi) is 2.82. The summed E-state index contributed by atoms with van der Waals surface area (Å²) < 4.78 is 0. The van der Waals surface area contributed by atoms with Gasteiger partial charge in [-0.05, 0) is 36.4 Å². The van der Waals surface area contributed by atoms with Crippen LogP contribution in [0.2, 0.25) is 0 Å². The maximum Gasteiger partial charge on any atom is 0.255 e. The fourth-order valence-corrected chi connectivity index (χ4v) is 1.25. The summed E-state index contributed by atoms with van der Waals surface area (Å²) in [6, 6.07) is 9.57. The number of phenols is 1. The quantitative estimate of drug-likeness (QED) is 0.752. The summed E-state index contributed by atoms with van der Waals surface area (Å²) in [5.74, 6) is -0.0324. The van der Waals surface area contributed by atoms with Crippen molar-refractivity contribution in [2.75, 3.05) is 5.32 Å². The van der Waals surface area contributed by atoms with E-state index in [0.29, 0.717) is 11.3 Å². The first kappa shape index (κ1) is 10.2. The molecule has 4 heteroatoms. The number of carbonyl (C=O) groups is 1. The summed E-state index contributed by atoms with van der Waals surface area (Å²) in [7, 11) is 0. The molecule has 1 aromatic carbocycles. The van der Waals surface area contributed by atoms with Crippen LogP contribution in [0.1, 0.15) is 10.4 Å². The van der Waals surface area contributed by atoms with E-state index in [1.54, 1.807) is 36.7 Å². The number of anilines is 1. The van der Waals surface area contributed by atoms with Crippen LogP contribution in [-0.2, 0) is 0 Å². The lowest BCUT2D eigenvalue weighted by Gasteiger charge is -2.04. The Bertz CT molecular complexity index is 480. The lowest BCUT2D eigenvalue weighted by molar-refractivity contribution is 0.102. The average Bonchev–Trinajstić information content (AvgIpc) is 2.33. The lowest BCUT2D eigenvalue weighted by Crippen LogP contribution is -2.11. The van der Waals surface area contributed by atoms with Crippen molar-refractivity contribution in [1.29, 1.82) is 0 Å². The molecule has 4 nitrogen and oxygen atoms in total. The fourth-order valence-electron chi connectivity index (χ4n) is 1.25. The number of benzene rings is 1. The molecule has 0 aliphatic carbocycles. The minimum absolute atomic E-state index is 0.168. The maximum atomic E-state index is 11.7. The molecule has 0 spiro atoms. The van der Waals surface area contributed by atoms with Gasteiger partial charge in [0.15, 0.2) is 0 Å². The van der Waals surface area contributed by atoms with E-state index in [0.717, 1.165) is 0 Å². The molecule has 1 heterocycles. The number of aromatic nitrogens is 1. The van der Waals surface area contributed by atoms with Crippen LogP contribution in [0.25, 0.3) is 0 Å². The van der Waals surface area contributed by atoms with Crippen LogP contribution in [0.3, 0.4) is 0 Å². The van der Waals surface area contributed by atoms with E-state index in [1.807, 2.05) is 0 Å². The highest BCUT2D eigenvalue weighted by Crippen LogP contribution is 2.14. The van der Waals surface area contributed by atoms with Crippen LogP contribution in [0.15, 0.2) is 48.8 Å². The van der Waals surface area contributed by atoms with Gasteiger partial charge < -0.3 is 10.4 Å². The molecule has 0 saturated carbocycles. The van der Waals surface area contributed by atoms with E-state index in [2.05, 4.69) is 10.3 Å². The highest BCUT2D eigenvalue weighted by Gasteiger charge is 2.04. The fraction of sp³-hybridized carbons (Fsp3) is 0. The van der Waals surface area contributed by atoms with E-state index in [4.69, 9.17) is 5.11 Å². The number of hydrogen-bond donors (Lipinski definition) is 2. The van der Waals surface area contributed by atoms with Gasteiger partial charge in [0.2, 0.25) is 0 Å². The number of rotatable bonds is 2. The molecule has 0 fully saturated rings. The molecular weight excluding hydrogens is 204 g/mol. The second-order valence-electron chi connectivity index (χ2n) is 3.24. The number of pyridine rings is 1. The standard InChI is InChI=1S/C12H10N2O2/c15-11-3-1-10(2-4-11)14-12(16)9-5-7-13-8-6-9/h1-8,15H,(H,14,16). The molecule has 1 amide bonds. The monoisotopic (exact) mass is 214 g/mol. The molecule has 0 unspecified atom stereocenters. The van der Waals surface area contributed by atoms with Crippen LogP contribution >= 0.6 is 0 Å². The van der Waals surface area contributed by atoms with Gasteiger partial charge in [0, 0.05) is 23.6 Å². The largest absolute Gasteiger partial charge is 0.508 e. The van der Waals surface area contributed by atoms with Crippen molar-refractivity contribution in [2.24, 2.45) is 0 Å². The Labute approximate surface area is 92.6 Å². The smallest absolute Gasteiger partial charge is 0.255 e. The van der Waals surface area contributed by atoms with Gasteiger partial charge in [-0.15, -0.1) is 0 Å². The highest BCUT2D eigenvalue weighted by atomic mass is 16.3. The second-order valence-corrected chi connectivity index (χ2v) is 3.24. The zero-order valence-electron chi connectivity index (χ0n) is 8.42. The molecule has 2 N–H and O–H groups in total. The number of nitrogens with one attached hydrogen (secondary N) is 1. The van der Waals surface area contributed by atoms with Gasteiger partial charge in [0.1, 0.15) is 5.75 Å². The Morgan fingerprint density at radius 3 is 2.31 bits per heavy atom. The third-order valence-corrected chi connectivity index (χ3v) is 2.07. The van der Waals surface area contributed by atoms with E-state index in [9.17, 15) is 4.79 Å². The predicted octanol–water partition coefficient (Wildman–Crippen LogP) is 2.04. The molecule has 0 saturated heterocycles. The van der Waals surface area contributed by atoms with Crippen LogP contribution in [-0.4, -0.2) is 16.0 Å². The molecule has 80 valence electrons. The van der Waals surface area contributed by atoms with Gasteiger partial charge in [0.25, 0.3) is 5.91 Å². The molecule has 2 aromatic rings. The van der Waals surface area contributed by atoms with Gasteiger partial charge in [0.05, 0.1) is 0 Å². The van der Waals surface area contributed by atoms with Crippen molar-refractivity contribution >= 4 is 11.6 Å². The first-order valence-corrected chi connectivity index (χ1v) is 4.76. The highest BCUT2D eigenvalue weighted by molar-refractivity contribution is 6.04. The van der Waals surface area contributed by atoms with Crippen molar-refractivity contribution in [3.8, 4) is 5.75 Å². The Hall–Kier alpha value is -2.36. The van der Waals surface area contributed by atoms with Crippen LogP contribution in [0.4, 0.5) is 5.69 Å². The summed E-state index contributed by atoms with van der Waals surface area (Å²) in [5.41, 5.74) is 1.18. The number of aromatic hydroxyl groups is 1. The van der Waals surface area contributed by atoms with Crippen LogP contribution in [0, 0.1) is 0 Å².